The molecule has 0 aliphatic carbocycles. The number of fused-ring (bicyclic) bond motifs is 10. The van der Waals surface area contributed by atoms with E-state index in [1.807, 2.05) is 22.7 Å². The Balaban J connectivity index is 1.43. The highest BCUT2D eigenvalue weighted by molar-refractivity contribution is 7.30. The zero-order valence-electron chi connectivity index (χ0n) is 23.9. The molecule has 0 N–H and O–H groups in total. The van der Waals surface area contributed by atoms with Crippen molar-refractivity contribution >= 4 is 97.4 Å². The summed E-state index contributed by atoms with van der Waals surface area (Å²) in [4.78, 5) is 0. The van der Waals surface area contributed by atoms with E-state index in [1.165, 1.54) is 62.2 Å². The lowest BCUT2D eigenvalue weighted by molar-refractivity contribution is 0.00578. The quantitative estimate of drug-likeness (QED) is 0.190. The lowest BCUT2D eigenvalue weighted by Gasteiger charge is -2.32. The van der Waals surface area contributed by atoms with Gasteiger partial charge < -0.3 is 13.9 Å². The van der Waals surface area contributed by atoms with Crippen molar-refractivity contribution in [3.63, 3.8) is 0 Å². The van der Waals surface area contributed by atoms with Crippen LogP contribution in [0.4, 0.5) is 0 Å². The van der Waals surface area contributed by atoms with Crippen LogP contribution in [0.1, 0.15) is 27.7 Å². The maximum absolute atomic E-state index is 6.71. The molecule has 8 aromatic rings. The standard InChI is InChI=1S/C36H28BNO2S2/c1-35(2)36(3,4)40-37(39-35)27-20-21(38-28-14-8-5-11-22(28)23-12-6-9-15-29(23)38)19-26-32-31(42-33(26)27)18-17-25-24-13-7-10-16-30(24)41-34(25)32/h5-20H,1-4H3. The molecule has 0 unspecified atom stereocenters. The number of para-hydroxylation sites is 2. The molecule has 0 spiro atoms. The van der Waals surface area contributed by atoms with E-state index < -0.39 is 18.3 Å². The zero-order chi connectivity index (χ0) is 28.4. The van der Waals surface area contributed by atoms with E-state index in [4.69, 9.17) is 9.31 Å². The highest BCUT2D eigenvalue weighted by atomic mass is 32.1. The molecule has 0 radical (unpaired) electrons. The molecule has 6 heteroatoms. The van der Waals surface area contributed by atoms with Gasteiger partial charge in [-0.3, -0.25) is 0 Å². The van der Waals surface area contributed by atoms with E-state index in [-0.39, 0.29) is 0 Å². The summed E-state index contributed by atoms with van der Waals surface area (Å²) < 4.78 is 21.0. The first-order valence-electron chi connectivity index (χ1n) is 14.5. The van der Waals surface area contributed by atoms with Gasteiger partial charge in [0.25, 0.3) is 0 Å². The molecule has 3 nitrogen and oxygen atoms in total. The molecule has 42 heavy (non-hydrogen) atoms. The number of hydrogen-bond acceptors (Lipinski definition) is 4. The van der Waals surface area contributed by atoms with Gasteiger partial charge in [0.1, 0.15) is 0 Å². The summed E-state index contributed by atoms with van der Waals surface area (Å²) in [5, 5.41) is 7.75. The largest absolute Gasteiger partial charge is 0.496 e. The molecule has 1 aliphatic rings. The fourth-order valence-corrected chi connectivity index (χ4v) is 9.17. The third kappa shape index (κ3) is 3.29. The van der Waals surface area contributed by atoms with Crippen LogP contribution in [-0.4, -0.2) is 22.9 Å². The van der Waals surface area contributed by atoms with Gasteiger partial charge in [0, 0.05) is 62.3 Å². The molecule has 5 aromatic carbocycles. The molecular formula is C36H28BNO2S2. The van der Waals surface area contributed by atoms with E-state index in [2.05, 4.69) is 129 Å². The Hall–Kier alpha value is -3.68. The highest BCUT2D eigenvalue weighted by Gasteiger charge is 2.52. The first kappa shape index (κ1) is 24.9. The third-order valence-corrected chi connectivity index (χ3v) is 11.9. The molecule has 0 atom stereocenters. The summed E-state index contributed by atoms with van der Waals surface area (Å²) in [5.74, 6) is 0. The first-order valence-corrected chi connectivity index (χ1v) is 16.1. The van der Waals surface area contributed by atoms with Crippen LogP contribution in [0.2, 0.25) is 0 Å². The molecule has 0 bridgehead atoms. The molecule has 1 aliphatic heterocycles. The van der Waals surface area contributed by atoms with Gasteiger partial charge in [-0.2, -0.15) is 0 Å². The van der Waals surface area contributed by atoms with Gasteiger partial charge in [-0.05, 0) is 64.1 Å². The van der Waals surface area contributed by atoms with Crippen LogP contribution >= 0.6 is 22.7 Å². The Bertz CT molecular complexity index is 2320. The summed E-state index contributed by atoms with van der Waals surface area (Å²) in [6.07, 6.45) is 0. The van der Waals surface area contributed by atoms with Crippen molar-refractivity contribution in [2.24, 2.45) is 0 Å². The minimum Gasteiger partial charge on any atom is -0.399 e. The van der Waals surface area contributed by atoms with Gasteiger partial charge in [-0.1, -0.05) is 60.7 Å². The zero-order valence-corrected chi connectivity index (χ0v) is 25.5. The summed E-state index contributed by atoms with van der Waals surface area (Å²) in [7, 11) is -0.462. The number of nitrogens with zero attached hydrogens (tertiary/aromatic N) is 1. The fraction of sp³-hybridized carbons (Fsp3) is 0.167. The second-order valence-electron chi connectivity index (χ2n) is 12.4. The smallest absolute Gasteiger partial charge is 0.399 e. The Morgan fingerprint density at radius 1 is 0.571 bits per heavy atom. The van der Waals surface area contributed by atoms with Crippen LogP contribution in [0.3, 0.4) is 0 Å². The van der Waals surface area contributed by atoms with Crippen LogP contribution in [0.5, 0.6) is 0 Å². The van der Waals surface area contributed by atoms with E-state index in [0.717, 1.165) is 11.2 Å². The second kappa shape index (κ2) is 8.45. The van der Waals surface area contributed by atoms with Gasteiger partial charge in [0.15, 0.2) is 0 Å². The number of rotatable bonds is 2. The molecule has 204 valence electrons. The minimum absolute atomic E-state index is 0.428. The Morgan fingerprint density at radius 2 is 1.17 bits per heavy atom. The summed E-state index contributed by atoms with van der Waals surface area (Å²) in [6.45, 7) is 8.53. The van der Waals surface area contributed by atoms with Crippen molar-refractivity contribution in [1.29, 1.82) is 0 Å². The van der Waals surface area contributed by atoms with E-state index in [1.54, 1.807) is 0 Å². The molecule has 0 saturated carbocycles. The summed E-state index contributed by atoms with van der Waals surface area (Å²) >= 11 is 3.74. The summed E-state index contributed by atoms with van der Waals surface area (Å²) in [5.41, 5.74) is 3.76. The Morgan fingerprint density at radius 3 is 1.86 bits per heavy atom. The average molecular weight is 582 g/mol. The third-order valence-electron chi connectivity index (χ3n) is 9.44. The molecule has 9 rings (SSSR count). The van der Waals surface area contributed by atoms with Crippen molar-refractivity contribution in [2.75, 3.05) is 0 Å². The lowest BCUT2D eigenvalue weighted by atomic mass is 9.78. The van der Waals surface area contributed by atoms with Gasteiger partial charge in [0.05, 0.1) is 22.2 Å². The van der Waals surface area contributed by atoms with E-state index in [9.17, 15) is 0 Å². The van der Waals surface area contributed by atoms with Crippen molar-refractivity contribution in [2.45, 2.75) is 38.9 Å². The fourth-order valence-electron chi connectivity index (χ4n) is 6.63. The second-order valence-corrected chi connectivity index (χ2v) is 14.5. The van der Waals surface area contributed by atoms with Crippen molar-refractivity contribution in [3.05, 3.63) is 97.1 Å². The van der Waals surface area contributed by atoms with Crippen LogP contribution in [0.25, 0.3) is 67.8 Å². The SMILES string of the molecule is CC1(C)OB(c2cc(-n3c4ccccc4c4ccccc43)cc3c2sc2ccc4c5ccccc5sc4c23)OC1(C)C. The van der Waals surface area contributed by atoms with Gasteiger partial charge in [0.2, 0.25) is 0 Å². The van der Waals surface area contributed by atoms with Crippen LogP contribution in [0.15, 0.2) is 97.1 Å². The Labute approximate surface area is 252 Å². The maximum atomic E-state index is 6.71. The molecular weight excluding hydrogens is 553 g/mol. The predicted octanol–water partition coefficient (Wildman–Crippen LogP) is 9.82. The molecule has 1 saturated heterocycles. The number of aromatic nitrogens is 1. The number of hydrogen-bond donors (Lipinski definition) is 0. The van der Waals surface area contributed by atoms with Gasteiger partial charge >= 0.3 is 7.12 Å². The van der Waals surface area contributed by atoms with Gasteiger partial charge in [-0.25, -0.2) is 0 Å². The Kier molecular flexibility index (Phi) is 5.01. The predicted molar refractivity (Wildman–Crippen MR) is 182 cm³/mol. The maximum Gasteiger partial charge on any atom is 0.496 e. The monoisotopic (exact) mass is 581 g/mol. The van der Waals surface area contributed by atoms with Crippen molar-refractivity contribution < 1.29 is 9.31 Å². The summed E-state index contributed by atoms with van der Waals surface area (Å²) in [6, 6.07) is 35.5. The average Bonchev–Trinajstić information content (AvgIpc) is 3.69. The normalized spacial score (nSPS) is 16.7. The minimum atomic E-state index is -0.462. The molecule has 4 heterocycles. The van der Waals surface area contributed by atoms with Crippen LogP contribution in [0, 0.1) is 0 Å². The number of thiophene rings is 2. The van der Waals surface area contributed by atoms with Gasteiger partial charge in [-0.15, -0.1) is 22.7 Å². The van der Waals surface area contributed by atoms with Crippen LogP contribution in [-0.2, 0) is 9.31 Å². The van der Waals surface area contributed by atoms with Crippen molar-refractivity contribution in [1.82, 2.24) is 4.57 Å². The topological polar surface area (TPSA) is 23.4 Å². The van der Waals surface area contributed by atoms with Crippen LogP contribution < -0.4 is 5.46 Å². The first-order chi connectivity index (χ1) is 20.3. The van der Waals surface area contributed by atoms with Crippen molar-refractivity contribution in [3.8, 4) is 5.69 Å². The van der Waals surface area contributed by atoms with E-state index in [0.29, 0.717) is 0 Å². The number of benzene rings is 5. The molecule has 1 fully saturated rings. The highest BCUT2D eigenvalue weighted by Crippen LogP contribution is 2.46. The molecule has 0 amide bonds. The van der Waals surface area contributed by atoms with E-state index >= 15 is 0 Å². The molecule has 3 aromatic heterocycles. The lowest BCUT2D eigenvalue weighted by Crippen LogP contribution is -2.41.